The molecule has 1 aliphatic heterocycles. The summed E-state index contributed by atoms with van der Waals surface area (Å²) >= 11 is 3.53. The van der Waals surface area contributed by atoms with Gasteiger partial charge in [-0.05, 0) is 44.6 Å². The molecule has 0 spiro atoms. The minimum atomic E-state index is 0.462. The number of halogens is 1. The Morgan fingerprint density at radius 3 is 2.89 bits per heavy atom. The van der Waals surface area contributed by atoms with Crippen LogP contribution in [-0.2, 0) is 0 Å². The maximum Gasteiger partial charge on any atom is 0.226 e. The maximum atomic E-state index is 4.78. The first-order valence-corrected chi connectivity index (χ1v) is 8.42. The molecule has 0 aliphatic carbocycles. The van der Waals surface area contributed by atoms with Crippen molar-refractivity contribution in [1.82, 2.24) is 9.97 Å². The first kappa shape index (κ1) is 14.8. The number of hydrogen-bond acceptors (Lipinski definition) is 3. The summed E-state index contributed by atoms with van der Waals surface area (Å²) in [6.07, 6.45) is 5.01. The van der Waals surface area contributed by atoms with Gasteiger partial charge in [0.2, 0.25) is 5.95 Å². The zero-order valence-corrected chi connectivity index (χ0v) is 13.8. The molecule has 0 radical (unpaired) electrons. The van der Waals surface area contributed by atoms with Gasteiger partial charge in [0.1, 0.15) is 0 Å². The molecule has 0 aromatic carbocycles. The Bertz CT molecular complexity index is 420. The monoisotopic (exact) mass is 325 g/mol. The molecule has 1 saturated heterocycles. The summed E-state index contributed by atoms with van der Waals surface area (Å²) in [5.74, 6) is 1.41. The molecule has 0 saturated carbocycles. The first-order chi connectivity index (χ1) is 9.11. The fourth-order valence-electron chi connectivity index (χ4n) is 2.71. The van der Waals surface area contributed by atoms with Gasteiger partial charge in [-0.1, -0.05) is 29.8 Å². The molecule has 4 heteroatoms. The van der Waals surface area contributed by atoms with E-state index >= 15 is 0 Å². The van der Waals surface area contributed by atoms with Gasteiger partial charge in [-0.15, -0.1) is 0 Å². The molecular weight excluding hydrogens is 302 g/mol. The van der Waals surface area contributed by atoms with E-state index in [1.165, 1.54) is 25.7 Å². The number of alkyl halides is 1. The molecular formula is C15H24BrN3. The van der Waals surface area contributed by atoms with Gasteiger partial charge < -0.3 is 4.90 Å². The molecule has 1 aliphatic rings. The molecule has 19 heavy (non-hydrogen) atoms. The highest BCUT2D eigenvalue weighted by Gasteiger charge is 2.26. The van der Waals surface area contributed by atoms with Crippen molar-refractivity contribution in [3.8, 4) is 0 Å². The van der Waals surface area contributed by atoms with Crippen molar-refractivity contribution in [3.63, 3.8) is 0 Å². The van der Waals surface area contributed by atoms with Crippen molar-refractivity contribution in [3.05, 3.63) is 17.5 Å². The molecule has 2 heterocycles. The van der Waals surface area contributed by atoms with Crippen LogP contribution >= 0.6 is 15.9 Å². The second-order valence-corrected chi connectivity index (χ2v) is 6.50. The second kappa shape index (κ2) is 6.69. The number of hydrogen-bond donors (Lipinski definition) is 0. The Kier molecular flexibility index (Phi) is 5.20. The predicted octanol–water partition coefficient (Wildman–Crippen LogP) is 4.05. The van der Waals surface area contributed by atoms with E-state index < -0.39 is 0 Å². The lowest BCUT2D eigenvalue weighted by Crippen LogP contribution is -2.31. The number of rotatable bonds is 5. The first-order valence-electron chi connectivity index (χ1n) is 7.30. The molecule has 1 fully saturated rings. The van der Waals surface area contributed by atoms with Crippen LogP contribution in [0.25, 0.3) is 0 Å². The van der Waals surface area contributed by atoms with Crippen LogP contribution in [0.2, 0.25) is 0 Å². The molecule has 0 bridgehead atoms. The highest BCUT2D eigenvalue weighted by molar-refractivity contribution is 9.09. The molecule has 1 unspecified atom stereocenters. The minimum Gasteiger partial charge on any atom is -0.338 e. The van der Waals surface area contributed by atoms with E-state index in [0.29, 0.717) is 12.0 Å². The highest BCUT2D eigenvalue weighted by Crippen LogP contribution is 2.27. The average Bonchev–Trinajstić information content (AvgIpc) is 2.83. The SMILES string of the molecule is Cc1cc(C(C)C)nc(N2CCCC2CCCBr)n1. The van der Waals surface area contributed by atoms with Crippen LogP contribution in [0, 0.1) is 6.92 Å². The lowest BCUT2D eigenvalue weighted by molar-refractivity contribution is 0.593. The molecule has 1 aromatic rings. The Morgan fingerprint density at radius 1 is 1.42 bits per heavy atom. The van der Waals surface area contributed by atoms with Gasteiger partial charge in [0.15, 0.2) is 0 Å². The summed E-state index contributed by atoms with van der Waals surface area (Å²) in [6.45, 7) is 7.56. The van der Waals surface area contributed by atoms with Crippen molar-refractivity contribution in [2.45, 2.75) is 58.4 Å². The maximum absolute atomic E-state index is 4.78. The van der Waals surface area contributed by atoms with Gasteiger partial charge in [-0.25, -0.2) is 9.97 Å². The molecule has 0 N–H and O–H groups in total. The van der Waals surface area contributed by atoms with E-state index in [1.807, 2.05) is 0 Å². The summed E-state index contributed by atoms with van der Waals surface area (Å²) in [6, 6.07) is 2.73. The number of anilines is 1. The quantitative estimate of drug-likeness (QED) is 0.764. The van der Waals surface area contributed by atoms with Crippen LogP contribution in [0.15, 0.2) is 6.07 Å². The fraction of sp³-hybridized carbons (Fsp3) is 0.733. The summed E-state index contributed by atoms with van der Waals surface area (Å²) in [5, 5.41) is 1.09. The van der Waals surface area contributed by atoms with Gasteiger partial charge in [0, 0.05) is 29.3 Å². The lowest BCUT2D eigenvalue weighted by atomic mass is 10.1. The average molecular weight is 326 g/mol. The summed E-state index contributed by atoms with van der Waals surface area (Å²) in [4.78, 5) is 11.9. The third-order valence-corrected chi connectivity index (χ3v) is 4.32. The molecule has 2 rings (SSSR count). The predicted molar refractivity (Wildman–Crippen MR) is 84.3 cm³/mol. The Morgan fingerprint density at radius 2 is 2.21 bits per heavy atom. The van der Waals surface area contributed by atoms with Gasteiger partial charge in [-0.2, -0.15) is 0 Å². The summed E-state index contributed by atoms with van der Waals surface area (Å²) in [7, 11) is 0. The molecule has 3 nitrogen and oxygen atoms in total. The number of aryl methyl sites for hydroxylation is 1. The molecule has 106 valence electrons. The van der Waals surface area contributed by atoms with Gasteiger partial charge in [-0.3, -0.25) is 0 Å². The zero-order chi connectivity index (χ0) is 13.8. The van der Waals surface area contributed by atoms with Gasteiger partial charge >= 0.3 is 0 Å². The number of aromatic nitrogens is 2. The van der Waals surface area contributed by atoms with Crippen LogP contribution < -0.4 is 4.90 Å². The molecule has 1 aromatic heterocycles. The van der Waals surface area contributed by atoms with Crippen molar-refractivity contribution in [2.75, 3.05) is 16.8 Å². The third-order valence-electron chi connectivity index (χ3n) is 3.76. The lowest BCUT2D eigenvalue weighted by Gasteiger charge is -2.25. The zero-order valence-electron chi connectivity index (χ0n) is 12.2. The Hall–Kier alpha value is -0.640. The summed E-state index contributed by atoms with van der Waals surface area (Å²) < 4.78 is 0. The second-order valence-electron chi connectivity index (χ2n) is 5.71. The normalized spacial score (nSPS) is 19.4. The van der Waals surface area contributed by atoms with Crippen molar-refractivity contribution in [2.24, 2.45) is 0 Å². The standard InChI is InChI=1S/C15H24BrN3/c1-11(2)14-10-12(3)17-15(18-14)19-9-5-7-13(19)6-4-8-16/h10-11,13H,4-9H2,1-3H3. The van der Waals surface area contributed by atoms with Gasteiger partial charge in [0.05, 0.1) is 0 Å². The van der Waals surface area contributed by atoms with E-state index in [0.717, 1.165) is 29.2 Å². The summed E-state index contributed by atoms with van der Waals surface area (Å²) in [5.41, 5.74) is 2.24. The van der Waals surface area contributed by atoms with Crippen LogP contribution in [0.3, 0.4) is 0 Å². The van der Waals surface area contributed by atoms with Crippen LogP contribution in [0.4, 0.5) is 5.95 Å². The molecule has 0 amide bonds. The van der Waals surface area contributed by atoms with E-state index in [4.69, 9.17) is 4.98 Å². The highest BCUT2D eigenvalue weighted by atomic mass is 79.9. The van der Waals surface area contributed by atoms with Gasteiger partial charge in [0.25, 0.3) is 0 Å². The smallest absolute Gasteiger partial charge is 0.226 e. The Labute approximate surface area is 125 Å². The fourth-order valence-corrected chi connectivity index (χ4v) is 3.04. The van der Waals surface area contributed by atoms with Crippen LogP contribution in [0.1, 0.15) is 56.8 Å². The number of nitrogens with zero attached hydrogens (tertiary/aromatic N) is 3. The van der Waals surface area contributed by atoms with Crippen LogP contribution in [0.5, 0.6) is 0 Å². The van der Waals surface area contributed by atoms with Crippen molar-refractivity contribution >= 4 is 21.9 Å². The van der Waals surface area contributed by atoms with E-state index in [9.17, 15) is 0 Å². The van der Waals surface area contributed by atoms with E-state index in [2.05, 4.69) is 52.7 Å². The third kappa shape index (κ3) is 3.68. The van der Waals surface area contributed by atoms with Crippen molar-refractivity contribution < 1.29 is 0 Å². The topological polar surface area (TPSA) is 29.0 Å². The van der Waals surface area contributed by atoms with Crippen molar-refractivity contribution in [1.29, 1.82) is 0 Å². The minimum absolute atomic E-state index is 0.462. The Balaban J connectivity index is 2.20. The van der Waals surface area contributed by atoms with E-state index in [-0.39, 0.29) is 0 Å². The van der Waals surface area contributed by atoms with E-state index in [1.54, 1.807) is 0 Å². The van der Waals surface area contributed by atoms with Crippen LogP contribution in [-0.4, -0.2) is 27.9 Å². The molecule has 1 atom stereocenters. The largest absolute Gasteiger partial charge is 0.338 e.